The minimum Gasteiger partial charge on any atom is -0.494 e. The van der Waals surface area contributed by atoms with Gasteiger partial charge in [-0.2, -0.15) is 4.68 Å². The van der Waals surface area contributed by atoms with Crippen molar-refractivity contribution in [1.29, 1.82) is 0 Å². The predicted octanol–water partition coefficient (Wildman–Crippen LogP) is 3.68. The number of ether oxygens (including phenoxy) is 1. The number of nitrogens with one attached hydrogen (secondary N) is 1. The largest absolute Gasteiger partial charge is 0.494 e. The smallest absolute Gasteiger partial charge is 0.318 e. The zero-order valence-corrected chi connectivity index (χ0v) is 20.9. The summed E-state index contributed by atoms with van der Waals surface area (Å²) in [5.41, 5.74) is 3.00. The van der Waals surface area contributed by atoms with Gasteiger partial charge in [-0.3, -0.25) is 4.90 Å². The van der Waals surface area contributed by atoms with Crippen LogP contribution >= 0.6 is 0 Å². The van der Waals surface area contributed by atoms with Gasteiger partial charge in [-0.25, -0.2) is 4.79 Å². The van der Waals surface area contributed by atoms with Crippen molar-refractivity contribution in [2.75, 3.05) is 32.8 Å². The number of benzene rings is 3. The van der Waals surface area contributed by atoms with Crippen LogP contribution in [0.2, 0.25) is 0 Å². The van der Waals surface area contributed by atoms with Crippen molar-refractivity contribution in [3.63, 3.8) is 0 Å². The maximum Gasteiger partial charge on any atom is 0.318 e. The van der Waals surface area contributed by atoms with Gasteiger partial charge in [-0.15, -0.1) is 5.10 Å². The minimum absolute atomic E-state index is 0.0587. The number of hydrogen-bond donors (Lipinski definition) is 1. The second-order valence-electron chi connectivity index (χ2n) is 8.90. The maximum absolute atomic E-state index is 13.2. The monoisotopic (exact) mass is 497 g/mol. The molecule has 4 aromatic rings. The van der Waals surface area contributed by atoms with E-state index < -0.39 is 0 Å². The van der Waals surface area contributed by atoms with Crippen LogP contribution < -0.4 is 10.1 Å². The van der Waals surface area contributed by atoms with Crippen LogP contribution in [0, 0.1) is 0 Å². The van der Waals surface area contributed by atoms with Crippen molar-refractivity contribution >= 4 is 6.03 Å². The number of urea groups is 1. The Morgan fingerprint density at radius 3 is 2.11 bits per heavy atom. The van der Waals surface area contributed by atoms with Crippen LogP contribution in [-0.2, 0) is 6.54 Å². The van der Waals surface area contributed by atoms with Crippen LogP contribution in [0.3, 0.4) is 0 Å². The summed E-state index contributed by atoms with van der Waals surface area (Å²) < 4.78 is 7.28. The number of aromatic nitrogens is 4. The number of piperazine rings is 1. The number of rotatable bonds is 8. The summed E-state index contributed by atoms with van der Waals surface area (Å²) in [6.07, 6.45) is 0. The molecule has 0 unspecified atom stereocenters. The van der Waals surface area contributed by atoms with Gasteiger partial charge in [-0.05, 0) is 52.7 Å². The Morgan fingerprint density at radius 1 is 0.892 bits per heavy atom. The highest BCUT2D eigenvalue weighted by molar-refractivity contribution is 5.75. The molecule has 1 aliphatic rings. The Labute approximate surface area is 216 Å². The summed E-state index contributed by atoms with van der Waals surface area (Å²) in [4.78, 5) is 17.4. The normalized spacial score (nSPS) is 14.1. The fraction of sp³-hybridized carbons (Fsp3) is 0.286. The van der Waals surface area contributed by atoms with Crippen molar-refractivity contribution in [3.8, 4) is 11.4 Å². The number of nitrogens with zero attached hydrogens (tertiary/aromatic N) is 6. The van der Waals surface area contributed by atoms with Gasteiger partial charge in [0.1, 0.15) is 5.75 Å². The molecule has 190 valence electrons. The Balaban J connectivity index is 1.19. The Bertz CT molecular complexity index is 1230. The fourth-order valence-corrected chi connectivity index (χ4v) is 4.53. The van der Waals surface area contributed by atoms with Crippen LogP contribution in [0.25, 0.3) is 5.69 Å². The van der Waals surface area contributed by atoms with Crippen LogP contribution in [0.5, 0.6) is 5.75 Å². The summed E-state index contributed by atoms with van der Waals surface area (Å²) in [5.74, 6) is 1.58. The maximum atomic E-state index is 13.2. The number of carbonyl (C=O) groups is 1. The predicted molar refractivity (Wildman–Crippen MR) is 140 cm³/mol. The summed E-state index contributed by atoms with van der Waals surface area (Å²) >= 11 is 0. The van der Waals surface area contributed by atoms with Gasteiger partial charge in [0.2, 0.25) is 0 Å². The van der Waals surface area contributed by atoms with Crippen molar-refractivity contribution in [3.05, 3.63) is 102 Å². The Morgan fingerprint density at radius 2 is 1.51 bits per heavy atom. The highest BCUT2D eigenvalue weighted by atomic mass is 16.5. The number of tetrazole rings is 1. The van der Waals surface area contributed by atoms with Gasteiger partial charge < -0.3 is 15.0 Å². The summed E-state index contributed by atoms with van der Waals surface area (Å²) in [7, 11) is 0. The average Bonchev–Trinajstić information content (AvgIpc) is 3.41. The van der Waals surface area contributed by atoms with E-state index in [-0.39, 0.29) is 12.1 Å². The first-order chi connectivity index (χ1) is 18.2. The van der Waals surface area contributed by atoms with E-state index in [2.05, 4.69) is 25.7 Å². The lowest BCUT2D eigenvalue weighted by Crippen LogP contribution is -2.52. The molecule has 0 radical (unpaired) electrons. The number of carbonyl (C=O) groups excluding carboxylic acids is 1. The van der Waals surface area contributed by atoms with Crippen LogP contribution in [0.1, 0.15) is 29.9 Å². The molecule has 0 bridgehead atoms. The molecule has 9 nitrogen and oxygen atoms in total. The van der Waals surface area contributed by atoms with E-state index in [1.165, 1.54) is 0 Å². The van der Waals surface area contributed by atoms with Crippen LogP contribution in [0.15, 0.2) is 84.9 Å². The van der Waals surface area contributed by atoms with Crippen LogP contribution in [-0.4, -0.2) is 68.8 Å². The van der Waals surface area contributed by atoms with Crippen LogP contribution in [0.4, 0.5) is 4.79 Å². The SMILES string of the molecule is CCOc1ccc(-n2nnnc2CN2CCN(C(=O)NC(c3ccccc3)c3ccccc3)CC2)cc1. The summed E-state index contributed by atoms with van der Waals surface area (Å²) in [5, 5.41) is 15.5. The molecule has 1 aromatic heterocycles. The topological polar surface area (TPSA) is 88.4 Å². The van der Waals surface area contributed by atoms with Gasteiger partial charge in [-0.1, -0.05) is 60.7 Å². The second kappa shape index (κ2) is 11.7. The molecule has 5 rings (SSSR count). The molecule has 3 aromatic carbocycles. The minimum atomic E-state index is -0.202. The molecule has 0 saturated carbocycles. The van der Waals surface area contributed by atoms with E-state index >= 15 is 0 Å². The van der Waals surface area contributed by atoms with E-state index in [9.17, 15) is 4.79 Å². The van der Waals surface area contributed by atoms with E-state index in [1.54, 1.807) is 4.68 Å². The lowest BCUT2D eigenvalue weighted by molar-refractivity contribution is 0.132. The molecule has 0 atom stereocenters. The molecule has 1 aliphatic heterocycles. The van der Waals surface area contributed by atoms with Gasteiger partial charge in [0.15, 0.2) is 5.82 Å². The molecular formula is C28H31N7O2. The zero-order chi connectivity index (χ0) is 25.5. The van der Waals surface area contributed by atoms with Crippen molar-refractivity contribution in [1.82, 2.24) is 35.3 Å². The molecule has 2 amide bonds. The molecule has 1 N–H and O–H groups in total. The third kappa shape index (κ3) is 5.95. The summed E-state index contributed by atoms with van der Waals surface area (Å²) in [6.45, 7) is 5.93. The molecule has 9 heteroatoms. The third-order valence-corrected chi connectivity index (χ3v) is 6.48. The van der Waals surface area contributed by atoms with Gasteiger partial charge in [0.05, 0.1) is 24.9 Å². The first-order valence-electron chi connectivity index (χ1n) is 12.6. The van der Waals surface area contributed by atoms with E-state index in [4.69, 9.17) is 4.74 Å². The number of amides is 2. The molecule has 1 saturated heterocycles. The number of hydrogen-bond acceptors (Lipinski definition) is 6. The lowest BCUT2D eigenvalue weighted by Gasteiger charge is -2.35. The Hall–Kier alpha value is -4.24. The second-order valence-corrected chi connectivity index (χ2v) is 8.90. The highest BCUT2D eigenvalue weighted by Crippen LogP contribution is 2.22. The average molecular weight is 498 g/mol. The highest BCUT2D eigenvalue weighted by Gasteiger charge is 2.25. The molecular weight excluding hydrogens is 466 g/mol. The van der Waals surface area contributed by atoms with Gasteiger partial charge in [0.25, 0.3) is 0 Å². The van der Waals surface area contributed by atoms with Gasteiger partial charge in [0, 0.05) is 26.2 Å². The lowest BCUT2D eigenvalue weighted by atomic mass is 9.99. The van der Waals surface area contributed by atoms with E-state index in [0.717, 1.165) is 41.5 Å². The van der Waals surface area contributed by atoms with Crippen molar-refractivity contribution in [2.45, 2.75) is 19.5 Å². The van der Waals surface area contributed by atoms with Crippen molar-refractivity contribution in [2.24, 2.45) is 0 Å². The first-order valence-corrected chi connectivity index (χ1v) is 12.6. The zero-order valence-electron chi connectivity index (χ0n) is 20.9. The third-order valence-electron chi connectivity index (χ3n) is 6.48. The summed E-state index contributed by atoms with van der Waals surface area (Å²) in [6, 6.07) is 27.6. The molecule has 37 heavy (non-hydrogen) atoms. The molecule has 1 fully saturated rings. The van der Waals surface area contributed by atoms with E-state index in [0.29, 0.717) is 26.2 Å². The van der Waals surface area contributed by atoms with E-state index in [1.807, 2.05) is 96.8 Å². The Kier molecular flexibility index (Phi) is 7.71. The first kappa shape index (κ1) is 24.5. The molecule has 0 spiro atoms. The van der Waals surface area contributed by atoms with Gasteiger partial charge >= 0.3 is 6.03 Å². The fourth-order valence-electron chi connectivity index (χ4n) is 4.53. The van der Waals surface area contributed by atoms with Crippen molar-refractivity contribution < 1.29 is 9.53 Å². The standard InChI is InChI=1S/C28H31N7O2/c1-2-37-25-15-13-24(14-16-25)35-26(30-31-32-35)21-33-17-19-34(20-18-33)28(36)29-27(22-9-5-3-6-10-22)23-11-7-4-8-12-23/h3-16,27H,2,17-21H2,1H3,(H,29,36). The molecule has 2 heterocycles. The quantitative estimate of drug-likeness (QED) is 0.400. The molecule has 0 aliphatic carbocycles.